The van der Waals surface area contributed by atoms with E-state index >= 15 is 0 Å². The molecule has 0 bridgehead atoms. The molecule has 0 saturated carbocycles. The van der Waals surface area contributed by atoms with E-state index in [1.54, 1.807) is 13.8 Å². The number of carbonyl (C=O) groups is 1. The van der Waals surface area contributed by atoms with Gasteiger partial charge in [-0.15, -0.1) is 0 Å². The number of carbonyl (C=O) groups excluding carboxylic acids is 1. The molecule has 1 aliphatic carbocycles. The lowest BCUT2D eigenvalue weighted by molar-refractivity contribution is -0.448. The third kappa shape index (κ3) is 1.98. The summed E-state index contributed by atoms with van der Waals surface area (Å²) in [5, 5.41) is 10.1. The molecule has 1 heterocycles. The van der Waals surface area contributed by atoms with E-state index in [9.17, 15) is 9.90 Å². The Labute approximate surface area is 125 Å². The smallest absolute Gasteiger partial charge is 0.221 e. The number of aliphatic hydroxyl groups excluding tert-OH is 1. The number of hydrogen-bond acceptors (Lipinski definition) is 6. The molecule has 0 unspecified atom stereocenters. The van der Waals surface area contributed by atoms with Crippen molar-refractivity contribution in [1.82, 2.24) is 0 Å². The van der Waals surface area contributed by atoms with E-state index in [1.807, 2.05) is 22.6 Å². The minimum atomic E-state index is -1.46. The Morgan fingerprint density at radius 3 is 2.37 bits per heavy atom. The standard InChI is InChI=1S/C12H17IO6/c1-10(16-3)11(2,17-4)19-12(6-18-10)8(14)5-7(13)9(12)15/h5,8,14H,6H2,1-4H3/t8-,10-,11-,12-/m1/s1. The third-order valence-electron chi connectivity index (χ3n) is 3.93. The van der Waals surface area contributed by atoms with E-state index in [2.05, 4.69) is 0 Å². The highest BCUT2D eigenvalue weighted by molar-refractivity contribution is 14.1. The molecule has 19 heavy (non-hydrogen) atoms. The van der Waals surface area contributed by atoms with Crippen LogP contribution in [0.2, 0.25) is 0 Å². The second-order valence-electron chi connectivity index (χ2n) is 4.87. The molecule has 1 spiro atoms. The van der Waals surface area contributed by atoms with Crippen LogP contribution in [0.3, 0.4) is 0 Å². The maximum Gasteiger partial charge on any atom is 0.221 e. The summed E-state index contributed by atoms with van der Waals surface area (Å²) in [6.07, 6.45) is 0.389. The summed E-state index contributed by atoms with van der Waals surface area (Å²) in [5.74, 6) is -2.78. The summed E-state index contributed by atoms with van der Waals surface area (Å²) in [4.78, 5) is 12.3. The van der Waals surface area contributed by atoms with Gasteiger partial charge >= 0.3 is 0 Å². The Kier molecular flexibility index (Phi) is 3.83. The van der Waals surface area contributed by atoms with Crippen molar-refractivity contribution in [2.75, 3.05) is 20.8 Å². The summed E-state index contributed by atoms with van der Waals surface area (Å²) in [6, 6.07) is 0. The molecule has 4 atom stereocenters. The van der Waals surface area contributed by atoms with E-state index < -0.39 is 23.3 Å². The van der Waals surface area contributed by atoms with Crippen molar-refractivity contribution in [1.29, 1.82) is 0 Å². The Hall–Kier alpha value is -0.0600. The van der Waals surface area contributed by atoms with E-state index in [0.29, 0.717) is 3.58 Å². The molecule has 0 amide bonds. The molecule has 0 aromatic rings. The fraction of sp³-hybridized carbons (Fsp3) is 0.750. The molecule has 1 aliphatic heterocycles. The summed E-state index contributed by atoms with van der Waals surface area (Å²) < 4.78 is 22.6. The molecule has 1 fully saturated rings. The van der Waals surface area contributed by atoms with E-state index in [-0.39, 0.29) is 12.4 Å². The number of ether oxygens (including phenoxy) is 4. The SMILES string of the molecule is CO[C@]1(C)OC[C@]2(O[C@@]1(C)OC)C(=O)C(I)=C[C@H]2O. The second kappa shape index (κ2) is 4.74. The van der Waals surface area contributed by atoms with Gasteiger partial charge in [-0.2, -0.15) is 0 Å². The Balaban J connectivity index is 2.38. The van der Waals surface area contributed by atoms with Gasteiger partial charge in [0, 0.05) is 14.2 Å². The molecule has 0 aromatic heterocycles. The number of hydrogen-bond donors (Lipinski definition) is 1. The fourth-order valence-corrected chi connectivity index (χ4v) is 3.06. The third-order valence-corrected chi connectivity index (χ3v) is 4.78. The number of rotatable bonds is 2. The van der Waals surface area contributed by atoms with Gasteiger partial charge in [-0.05, 0) is 42.5 Å². The first-order chi connectivity index (χ1) is 8.74. The van der Waals surface area contributed by atoms with Crippen LogP contribution in [0.4, 0.5) is 0 Å². The lowest BCUT2D eigenvalue weighted by atomic mass is 9.94. The van der Waals surface area contributed by atoms with Crippen LogP contribution in [-0.4, -0.2) is 55.0 Å². The van der Waals surface area contributed by atoms with Gasteiger partial charge in [0.2, 0.25) is 17.4 Å². The molecule has 0 aromatic carbocycles. The van der Waals surface area contributed by atoms with Gasteiger partial charge in [0.1, 0.15) is 6.10 Å². The molecular formula is C12H17IO6. The number of methoxy groups -OCH3 is 2. The zero-order valence-electron chi connectivity index (χ0n) is 11.2. The molecule has 1 N–H and O–H groups in total. The number of ketones is 1. The monoisotopic (exact) mass is 384 g/mol. The zero-order valence-corrected chi connectivity index (χ0v) is 13.4. The maximum absolute atomic E-state index is 12.3. The normalized spacial score (nSPS) is 46.7. The second-order valence-corrected chi connectivity index (χ2v) is 6.03. The minimum Gasteiger partial charge on any atom is -0.385 e. The van der Waals surface area contributed by atoms with Gasteiger partial charge in [-0.25, -0.2) is 0 Å². The van der Waals surface area contributed by atoms with Crippen molar-refractivity contribution in [3.63, 3.8) is 0 Å². The first-order valence-corrected chi connectivity index (χ1v) is 6.87. The summed E-state index contributed by atoms with van der Waals surface area (Å²) in [6.45, 7) is 3.18. The molecule has 6 nitrogen and oxygen atoms in total. The van der Waals surface area contributed by atoms with Crippen LogP contribution in [-0.2, 0) is 23.7 Å². The van der Waals surface area contributed by atoms with Gasteiger partial charge in [-0.3, -0.25) is 4.79 Å². The van der Waals surface area contributed by atoms with Crippen molar-refractivity contribution in [2.45, 2.75) is 37.1 Å². The van der Waals surface area contributed by atoms with Crippen LogP contribution in [0.25, 0.3) is 0 Å². The van der Waals surface area contributed by atoms with Crippen molar-refractivity contribution >= 4 is 28.4 Å². The van der Waals surface area contributed by atoms with Gasteiger partial charge in [0.25, 0.3) is 0 Å². The van der Waals surface area contributed by atoms with Crippen molar-refractivity contribution in [3.8, 4) is 0 Å². The van der Waals surface area contributed by atoms with Crippen LogP contribution >= 0.6 is 22.6 Å². The molecule has 2 aliphatic rings. The fourth-order valence-electron chi connectivity index (χ4n) is 2.26. The minimum absolute atomic E-state index is 0.0979. The lowest BCUT2D eigenvalue weighted by Gasteiger charge is -2.52. The Morgan fingerprint density at radius 1 is 1.37 bits per heavy atom. The highest BCUT2D eigenvalue weighted by Gasteiger charge is 2.64. The summed E-state index contributed by atoms with van der Waals surface area (Å²) in [5.41, 5.74) is -1.46. The highest BCUT2D eigenvalue weighted by atomic mass is 127. The summed E-state index contributed by atoms with van der Waals surface area (Å²) >= 11 is 1.87. The summed E-state index contributed by atoms with van der Waals surface area (Å²) in [7, 11) is 2.90. The van der Waals surface area contributed by atoms with Crippen LogP contribution in [0.1, 0.15) is 13.8 Å². The maximum atomic E-state index is 12.3. The van der Waals surface area contributed by atoms with Crippen LogP contribution < -0.4 is 0 Å². The molecular weight excluding hydrogens is 367 g/mol. The van der Waals surface area contributed by atoms with Crippen LogP contribution in [0, 0.1) is 0 Å². The number of Topliss-reactive ketones (excluding diaryl/α,β-unsaturated/α-hetero) is 1. The topological polar surface area (TPSA) is 74.2 Å². The van der Waals surface area contributed by atoms with Crippen molar-refractivity contribution in [3.05, 3.63) is 9.66 Å². The largest absolute Gasteiger partial charge is 0.385 e. The Bertz CT molecular complexity index is 438. The van der Waals surface area contributed by atoms with Gasteiger partial charge in [-0.1, -0.05) is 0 Å². The number of halogens is 1. The van der Waals surface area contributed by atoms with Gasteiger partial charge in [0.05, 0.1) is 10.2 Å². The van der Waals surface area contributed by atoms with Gasteiger partial charge < -0.3 is 24.1 Å². The molecule has 1 saturated heterocycles. The highest BCUT2D eigenvalue weighted by Crippen LogP contribution is 2.45. The van der Waals surface area contributed by atoms with Crippen LogP contribution in [0.15, 0.2) is 9.66 Å². The molecule has 108 valence electrons. The Morgan fingerprint density at radius 2 is 1.95 bits per heavy atom. The first-order valence-electron chi connectivity index (χ1n) is 5.79. The molecule has 7 heteroatoms. The van der Waals surface area contributed by atoms with E-state index in [4.69, 9.17) is 18.9 Å². The lowest BCUT2D eigenvalue weighted by Crippen LogP contribution is -2.70. The quantitative estimate of drug-likeness (QED) is 0.709. The van der Waals surface area contributed by atoms with E-state index in [1.165, 1.54) is 20.3 Å². The van der Waals surface area contributed by atoms with Crippen LogP contribution in [0.5, 0.6) is 0 Å². The first kappa shape index (κ1) is 15.3. The van der Waals surface area contributed by atoms with E-state index in [0.717, 1.165) is 0 Å². The average molecular weight is 384 g/mol. The van der Waals surface area contributed by atoms with Gasteiger partial charge in [0.15, 0.2) is 5.60 Å². The predicted octanol–water partition coefficient (Wildman–Crippen LogP) is 0.760. The average Bonchev–Trinajstić information content (AvgIpc) is 2.59. The molecule has 2 rings (SSSR count). The molecule has 0 radical (unpaired) electrons. The predicted molar refractivity (Wildman–Crippen MR) is 73.7 cm³/mol. The number of aliphatic hydroxyl groups is 1. The van der Waals surface area contributed by atoms with Crippen molar-refractivity contribution in [2.24, 2.45) is 0 Å². The zero-order chi connectivity index (χ0) is 14.5. The van der Waals surface area contributed by atoms with Crippen molar-refractivity contribution < 1.29 is 28.8 Å².